The Balaban J connectivity index is 1.59. The van der Waals surface area contributed by atoms with Crippen LogP contribution in [0.25, 0.3) is 0 Å². The zero-order valence-corrected chi connectivity index (χ0v) is 11.2. The molecule has 3 unspecified atom stereocenters. The molecule has 0 aromatic heterocycles. The van der Waals surface area contributed by atoms with Gasteiger partial charge in [-0.15, -0.1) is 0 Å². The highest BCUT2D eigenvalue weighted by Gasteiger charge is 2.20. The molecule has 0 amide bonds. The van der Waals surface area contributed by atoms with Crippen LogP contribution in [0, 0.1) is 5.92 Å². The average molecular weight is 240 g/mol. The predicted molar refractivity (Wildman–Crippen MR) is 71.1 cm³/mol. The van der Waals surface area contributed by atoms with Gasteiger partial charge >= 0.3 is 0 Å². The molecule has 0 aromatic carbocycles. The lowest BCUT2D eigenvalue weighted by Crippen LogP contribution is -2.42. The highest BCUT2D eigenvalue weighted by molar-refractivity contribution is 4.78. The molecule has 1 saturated heterocycles. The first-order valence-electron chi connectivity index (χ1n) is 7.38. The summed E-state index contributed by atoms with van der Waals surface area (Å²) in [6.45, 7) is 6.33. The van der Waals surface area contributed by atoms with Crippen LogP contribution in [0.5, 0.6) is 0 Å². The number of β-amino-alcohol motifs (C(OH)–C–C–N with tert-alkyl or cyclic N) is 1. The molecule has 1 heterocycles. The number of rotatable bonds is 5. The van der Waals surface area contributed by atoms with Crippen molar-refractivity contribution in [2.45, 2.75) is 57.6 Å². The van der Waals surface area contributed by atoms with Gasteiger partial charge in [-0.25, -0.2) is 0 Å². The van der Waals surface area contributed by atoms with Crippen LogP contribution in [0.1, 0.15) is 45.4 Å². The largest absolute Gasteiger partial charge is 0.390 e. The fraction of sp³-hybridized carbons (Fsp3) is 1.00. The molecule has 0 radical (unpaired) electrons. The van der Waals surface area contributed by atoms with Gasteiger partial charge in [0.25, 0.3) is 0 Å². The first kappa shape index (κ1) is 13.3. The molecule has 0 bridgehead atoms. The Morgan fingerprint density at radius 2 is 2.00 bits per heavy atom. The predicted octanol–water partition coefficient (Wildman–Crippen LogP) is 1.61. The minimum absolute atomic E-state index is 0.190. The second-order valence-corrected chi connectivity index (χ2v) is 6.04. The third kappa shape index (κ3) is 4.57. The van der Waals surface area contributed by atoms with Crippen LogP contribution < -0.4 is 5.32 Å². The summed E-state index contributed by atoms with van der Waals surface area (Å²) < 4.78 is 0. The van der Waals surface area contributed by atoms with Crippen LogP contribution in [0.3, 0.4) is 0 Å². The van der Waals surface area contributed by atoms with Crippen molar-refractivity contribution < 1.29 is 5.11 Å². The van der Waals surface area contributed by atoms with E-state index in [4.69, 9.17) is 0 Å². The van der Waals surface area contributed by atoms with E-state index in [9.17, 15) is 5.11 Å². The van der Waals surface area contributed by atoms with Gasteiger partial charge in [-0.1, -0.05) is 19.8 Å². The smallest absolute Gasteiger partial charge is 0.0791 e. The van der Waals surface area contributed by atoms with E-state index < -0.39 is 0 Å². The lowest BCUT2D eigenvalue weighted by Gasteiger charge is -2.29. The maximum absolute atomic E-state index is 10.0. The number of aliphatic hydroxyl groups excluding tert-OH is 1. The molecule has 2 N–H and O–H groups in total. The minimum atomic E-state index is -0.190. The molecule has 17 heavy (non-hydrogen) atoms. The summed E-state index contributed by atoms with van der Waals surface area (Å²) >= 11 is 0. The molecule has 3 heteroatoms. The lowest BCUT2D eigenvalue weighted by molar-refractivity contribution is 0.116. The Bertz CT molecular complexity index is 216. The summed E-state index contributed by atoms with van der Waals surface area (Å²) in [6.07, 6.45) is 7.73. The van der Waals surface area contributed by atoms with E-state index in [0.717, 1.165) is 19.0 Å². The molecule has 3 atom stereocenters. The molecule has 1 aliphatic carbocycles. The Kier molecular flexibility index (Phi) is 5.26. The van der Waals surface area contributed by atoms with Crippen molar-refractivity contribution in [3.8, 4) is 0 Å². The molecule has 1 saturated carbocycles. The third-order valence-corrected chi connectivity index (χ3v) is 4.25. The van der Waals surface area contributed by atoms with Gasteiger partial charge in [0.1, 0.15) is 0 Å². The number of hydrogen-bond donors (Lipinski definition) is 2. The molecule has 2 fully saturated rings. The Morgan fingerprint density at radius 3 is 2.71 bits per heavy atom. The van der Waals surface area contributed by atoms with Gasteiger partial charge in [-0.3, -0.25) is 0 Å². The summed E-state index contributed by atoms with van der Waals surface area (Å²) in [5, 5.41) is 13.6. The Morgan fingerprint density at radius 1 is 1.24 bits per heavy atom. The zero-order valence-electron chi connectivity index (χ0n) is 11.2. The molecule has 3 nitrogen and oxygen atoms in total. The van der Waals surface area contributed by atoms with E-state index in [1.807, 2.05) is 0 Å². The molecule has 2 aliphatic rings. The first-order chi connectivity index (χ1) is 8.24. The Labute approximate surface area is 106 Å². The second-order valence-electron chi connectivity index (χ2n) is 6.04. The zero-order chi connectivity index (χ0) is 12.1. The van der Waals surface area contributed by atoms with Crippen LogP contribution in [0.15, 0.2) is 0 Å². The monoisotopic (exact) mass is 240 g/mol. The highest BCUT2D eigenvalue weighted by Crippen LogP contribution is 2.23. The van der Waals surface area contributed by atoms with Gasteiger partial charge in [0.05, 0.1) is 6.10 Å². The van der Waals surface area contributed by atoms with Crippen molar-refractivity contribution in [2.75, 3.05) is 26.2 Å². The topological polar surface area (TPSA) is 35.5 Å². The molecular weight excluding hydrogens is 212 g/mol. The normalized spacial score (nSPS) is 32.8. The number of hydrogen-bond acceptors (Lipinski definition) is 3. The van der Waals surface area contributed by atoms with Crippen molar-refractivity contribution in [1.29, 1.82) is 0 Å². The highest BCUT2D eigenvalue weighted by atomic mass is 16.3. The van der Waals surface area contributed by atoms with E-state index in [1.165, 1.54) is 51.6 Å². The van der Waals surface area contributed by atoms with Crippen LogP contribution in [0.4, 0.5) is 0 Å². The van der Waals surface area contributed by atoms with Crippen LogP contribution >= 0.6 is 0 Å². The summed E-state index contributed by atoms with van der Waals surface area (Å²) in [5.41, 5.74) is 0. The fourth-order valence-electron chi connectivity index (χ4n) is 3.25. The molecule has 100 valence electrons. The van der Waals surface area contributed by atoms with Crippen LogP contribution in [-0.4, -0.2) is 48.3 Å². The number of nitrogens with zero attached hydrogens (tertiary/aromatic N) is 1. The van der Waals surface area contributed by atoms with Crippen molar-refractivity contribution in [2.24, 2.45) is 5.92 Å². The standard InChI is InChI=1S/C14H28N2O/c1-12-5-4-6-13(9-12)15-10-14(17)11-16-7-2-3-8-16/h12-15,17H,2-11H2,1H3. The van der Waals surface area contributed by atoms with Gasteiger partial charge in [0, 0.05) is 19.1 Å². The average Bonchev–Trinajstić information content (AvgIpc) is 2.79. The molecular formula is C14H28N2O. The van der Waals surface area contributed by atoms with Crippen molar-refractivity contribution in [3.05, 3.63) is 0 Å². The quantitative estimate of drug-likeness (QED) is 0.766. The minimum Gasteiger partial charge on any atom is -0.390 e. The summed E-state index contributed by atoms with van der Waals surface area (Å²) in [4.78, 5) is 2.38. The van der Waals surface area contributed by atoms with E-state index in [-0.39, 0.29) is 6.10 Å². The summed E-state index contributed by atoms with van der Waals surface area (Å²) in [7, 11) is 0. The van der Waals surface area contributed by atoms with Gasteiger partial charge in [0.15, 0.2) is 0 Å². The number of likely N-dealkylation sites (tertiary alicyclic amines) is 1. The first-order valence-corrected chi connectivity index (χ1v) is 7.38. The second kappa shape index (κ2) is 6.72. The third-order valence-electron chi connectivity index (χ3n) is 4.25. The van der Waals surface area contributed by atoms with E-state index in [2.05, 4.69) is 17.1 Å². The summed E-state index contributed by atoms with van der Waals surface area (Å²) in [5.74, 6) is 0.858. The van der Waals surface area contributed by atoms with Gasteiger partial charge in [-0.2, -0.15) is 0 Å². The van der Waals surface area contributed by atoms with Crippen LogP contribution in [0.2, 0.25) is 0 Å². The molecule has 0 spiro atoms. The van der Waals surface area contributed by atoms with E-state index >= 15 is 0 Å². The Hall–Kier alpha value is -0.120. The van der Waals surface area contributed by atoms with Gasteiger partial charge < -0.3 is 15.3 Å². The van der Waals surface area contributed by atoms with Gasteiger partial charge in [-0.05, 0) is 44.7 Å². The number of nitrogens with one attached hydrogen (secondary N) is 1. The van der Waals surface area contributed by atoms with Crippen LogP contribution in [-0.2, 0) is 0 Å². The van der Waals surface area contributed by atoms with Crippen molar-refractivity contribution in [1.82, 2.24) is 10.2 Å². The van der Waals surface area contributed by atoms with Crippen molar-refractivity contribution in [3.63, 3.8) is 0 Å². The maximum atomic E-state index is 10.0. The maximum Gasteiger partial charge on any atom is 0.0791 e. The summed E-state index contributed by atoms with van der Waals surface area (Å²) in [6, 6.07) is 0.645. The van der Waals surface area contributed by atoms with E-state index in [0.29, 0.717) is 6.04 Å². The van der Waals surface area contributed by atoms with Crippen molar-refractivity contribution >= 4 is 0 Å². The van der Waals surface area contributed by atoms with Gasteiger partial charge in [0.2, 0.25) is 0 Å². The number of aliphatic hydroxyl groups is 1. The fourth-order valence-corrected chi connectivity index (χ4v) is 3.25. The lowest BCUT2D eigenvalue weighted by atomic mass is 9.87. The van der Waals surface area contributed by atoms with E-state index in [1.54, 1.807) is 0 Å². The molecule has 2 rings (SSSR count). The molecule has 1 aliphatic heterocycles. The SMILES string of the molecule is CC1CCCC(NCC(O)CN2CCCC2)C1. The molecule has 0 aromatic rings.